The smallest absolute Gasteiger partial charge is 0.312 e. The maximum atomic E-state index is 11.6. The fraction of sp³-hybridized carbons (Fsp3) is 0.917. The van der Waals surface area contributed by atoms with E-state index in [0.717, 1.165) is 12.8 Å². The minimum Gasteiger partial charge on any atom is -0.465 e. The van der Waals surface area contributed by atoms with Crippen molar-refractivity contribution >= 4 is 5.97 Å². The van der Waals surface area contributed by atoms with E-state index in [1.54, 1.807) is 0 Å². The average Bonchev–Trinajstić information content (AvgIpc) is 2.87. The molecule has 0 N–H and O–H groups in total. The van der Waals surface area contributed by atoms with Crippen LogP contribution in [-0.4, -0.2) is 24.8 Å². The van der Waals surface area contributed by atoms with Crippen molar-refractivity contribution in [2.45, 2.75) is 38.9 Å². The standard InChI is InChI=1S/C12H18O3/c1-3-6-7(4-2)11-9-8(10(6)15-11)5-14-12(9)13/h6-11H,3-5H2,1-2H3/t6?,7?,8-,9+,10?,11?/m0/s1. The number of cyclic esters (lactones) is 1. The molecule has 0 aliphatic carbocycles. The number of esters is 1. The average molecular weight is 210 g/mol. The van der Waals surface area contributed by atoms with Crippen LogP contribution in [0.2, 0.25) is 0 Å². The Morgan fingerprint density at radius 2 is 1.87 bits per heavy atom. The van der Waals surface area contributed by atoms with E-state index in [1.807, 2.05) is 0 Å². The third-order valence-corrected chi connectivity index (χ3v) is 4.58. The zero-order valence-corrected chi connectivity index (χ0v) is 9.31. The van der Waals surface area contributed by atoms with Gasteiger partial charge in [-0.25, -0.2) is 0 Å². The number of ether oxygens (including phenoxy) is 2. The number of carbonyl (C=O) groups is 1. The zero-order valence-electron chi connectivity index (χ0n) is 9.31. The molecule has 0 radical (unpaired) electrons. The molecule has 4 unspecified atom stereocenters. The van der Waals surface area contributed by atoms with Gasteiger partial charge in [-0.05, 0) is 11.8 Å². The Bertz CT molecular complexity index is 289. The van der Waals surface area contributed by atoms with Crippen molar-refractivity contribution in [2.24, 2.45) is 23.7 Å². The van der Waals surface area contributed by atoms with Gasteiger partial charge in [0.05, 0.1) is 24.7 Å². The molecule has 2 bridgehead atoms. The van der Waals surface area contributed by atoms with Crippen molar-refractivity contribution in [1.29, 1.82) is 0 Å². The fourth-order valence-corrected chi connectivity index (χ4v) is 3.94. The lowest BCUT2D eigenvalue weighted by Gasteiger charge is -2.31. The van der Waals surface area contributed by atoms with Gasteiger partial charge in [-0.15, -0.1) is 0 Å². The van der Waals surface area contributed by atoms with Crippen molar-refractivity contribution in [3.05, 3.63) is 0 Å². The van der Waals surface area contributed by atoms with Gasteiger partial charge in [0, 0.05) is 5.92 Å². The van der Waals surface area contributed by atoms with Gasteiger partial charge in [-0.2, -0.15) is 0 Å². The molecule has 3 heterocycles. The monoisotopic (exact) mass is 210 g/mol. The summed E-state index contributed by atoms with van der Waals surface area (Å²) in [6.07, 6.45) is 2.74. The summed E-state index contributed by atoms with van der Waals surface area (Å²) in [6.45, 7) is 5.02. The number of hydrogen-bond acceptors (Lipinski definition) is 3. The molecular weight excluding hydrogens is 192 g/mol. The van der Waals surface area contributed by atoms with E-state index in [1.165, 1.54) is 0 Å². The summed E-state index contributed by atoms with van der Waals surface area (Å²) < 4.78 is 11.2. The van der Waals surface area contributed by atoms with Crippen molar-refractivity contribution < 1.29 is 14.3 Å². The van der Waals surface area contributed by atoms with Gasteiger partial charge in [0.15, 0.2) is 0 Å². The molecule has 0 spiro atoms. The van der Waals surface area contributed by atoms with Gasteiger partial charge in [-0.1, -0.05) is 26.7 Å². The van der Waals surface area contributed by atoms with E-state index < -0.39 is 0 Å². The van der Waals surface area contributed by atoms with Gasteiger partial charge >= 0.3 is 5.97 Å². The van der Waals surface area contributed by atoms with E-state index in [0.29, 0.717) is 30.5 Å². The van der Waals surface area contributed by atoms with Crippen LogP contribution >= 0.6 is 0 Å². The number of hydrogen-bond donors (Lipinski definition) is 0. The number of carbonyl (C=O) groups excluding carboxylic acids is 1. The molecule has 3 fully saturated rings. The second kappa shape index (κ2) is 3.21. The quantitative estimate of drug-likeness (QED) is 0.649. The van der Waals surface area contributed by atoms with Gasteiger partial charge in [0.2, 0.25) is 0 Å². The minimum absolute atomic E-state index is 0.0134. The Morgan fingerprint density at radius 3 is 2.53 bits per heavy atom. The molecule has 3 rings (SSSR count). The highest BCUT2D eigenvalue weighted by atomic mass is 16.6. The van der Waals surface area contributed by atoms with Crippen LogP contribution in [0.15, 0.2) is 0 Å². The van der Waals surface area contributed by atoms with Crippen LogP contribution in [0.1, 0.15) is 26.7 Å². The van der Waals surface area contributed by atoms with Crippen molar-refractivity contribution in [1.82, 2.24) is 0 Å². The summed E-state index contributed by atoms with van der Waals surface area (Å²) in [4.78, 5) is 11.6. The van der Waals surface area contributed by atoms with Crippen LogP contribution in [0.5, 0.6) is 0 Å². The lowest BCUT2D eigenvalue weighted by molar-refractivity contribution is -0.144. The Hall–Kier alpha value is -0.570. The molecular formula is C12H18O3. The molecule has 6 atom stereocenters. The van der Waals surface area contributed by atoms with Crippen molar-refractivity contribution in [3.63, 3.8) is 0 Å². The summed E-state index contributed by atoms with van der Waals surface area (Å²) in [7, 11) is 0. The first-order chi connectivity index (χ1) is 7.27. The summed E-state index contributed by atoms with van der Waals surface area (Å²) in [5.41, 5.74) is 0. The van der Waals surface area contributed by atoms with Gasteiger partial charge < -0.3 is 9.47 Å². The van der Waals surface area contributed by atoms with E-state index >= 15 is 0 Å². The molecule has 0 saturated carbocycles. The van der Waals surface area contributed by atoms with E-state index in [-0.39, 0.29) is 18.0 Å². The molecule has 3 aliphatic rings. The molecule has 0 amide bonds. The molecule has 0 aromatic heterocycles. The van der Waals surface area contributed by atoms with Crippen molar-refractivity contribution in [3.8, 4) is 0 Å². The molecule has 0 aromatic rings. The second-order valence-electron chi connectivity index (χ2n) is 5.03. The highest BCUT2D eigenvalue weighted by Crippen LogP contribution is 2.54. The minimum atomic E-state index is -0.0134. The molecule has 0 aromatic carbocycles. The zero-order chi connectivity index (χ0) is 10.6. The second-order valence-corrected chi connectivity index (χ2v) is 5.03. The highest BCUT2D eigenvalue weighted by Gasteiger charge is 2.63. The first-order valence-electron chi connectivity index (χ1n) is 6.10. The van der Waals surface area contributed by atoms with Gasteiger partial charge in [-0.3, -0.25) is 4.79 Å². The SMILES string of the molecule is CCC1C(CC)C2OC1[C@H]1COC(=O)[C@@H]21. The van der Waals surface area contributed by atoms with Crippen molar-refractivity contribution in [2.75, 3.05) is 6.61 Å². The molecule has 84 valence electrons. The Balaban J connectivity index is 1.90. The number of rotatable bonds is 2. The molecule has 3 saturated heterocycles. The Labute approximate surface area is 90.1 Å². The molecule has 3 heteroatoms. The van der Waals surface area contributed by atoms with Crippen LogP contribution in [0.3, 0.4) is 0 Å². The summed E-state index contributed by atoms with van der Waals surface area (Å²) in [6, 6.07) is 0. The molecule has 3 aliphatic heterocycles. The maximum Gasteiger partial charge on any atom is 0.312 e. The normalized spacial score (nSPS) is 52.0. The third-order valence-electron chi connectivity index (χ3n) is 4.58. The van der Waals surface area contributed by atoms with Crippen LogP contribution in [-0.2, 0) is 14.3 Å². The topological polar surface area (TPSA) is 35.5 Å². The molecule has 15 heavy (non-hydrogen) atoms. The van der Waals surface area contributed by atoms with E-state index in [2.05, 4.69) is 13.8 Å². The van der Waals surface area contributed by atoms with Gasteiger partial charge in [0.25, 0.3) is 0 Å². The summed E-state index contributed by atoms with van der Waals surface area (Å²) in [5.74, 6) is 1.63. The predicted octanol–water partition coefficient (Wildman–Crippen LogP) is 1.61. The maximum absolute atomic E-state index is 11.6. The van der Waals surface area contributed by atoms with E-state index in [9.17, 15) is 4.79 Å². The fourth-order valence-electron chi connectivity index (χ4n) is 3.94. The summed E-state index contributed by atoms with van der Waals surface area (Å²) in [5, 5.41) is 0. The summed E-state index contributed by atoms with van der Waals surface area (Å²) >= 11 is 0. The highest BCUT2D eigenvalue weighted by molar-refractivity contribution is 5.76. The Morgan fingerprint density at radius 1 is 1.20 bits per heavy atom. The predicted molar refractivity (Wildman–Crippen MR) is 54.2 cm³/mol. The largest absolute Gasteiger partial charge is 0.465 e. The third kappa shape index (κ3) is 1.07. The lowest BCUT2D eigenvalue weighted by atomic mass is 9.67. The first kappa shape index (κ1) is 9.64. The number of fused-ring (bicyclic) bond motifs is 5. The van der Waals surface area contributed by atoms with Crippen LogP contribution < -0.4 is 0 Å². The van der Waals surface area contributed by atoms with Crippen LogP contribution in [0.25, 0.3) is 0 Å². The Kier molecular flexibility index (Phi) is 2.06. The van der Waals surface area contributed by atoms with Crippen LogP contribution in [0.4, 0.5) is 0 Å². The van der Waals surface area contributed by atoms with Crippen LogP contribution in [0, 0.1) is 23.7 Å². The van der Waals surface area contributed by atoms with E-state index in [4.69, 9.17) is 9.47 Å². The lowest BCUT2D eigenvalue weighted by Crippen LogP contribution is -2.39. The molecule has 3 nitrogen and oxygen atoms in total. The first-order valence-corrected chi connectivity index (χ1v) is 6.10. The van der Waals surface area contributed by atoms with Gasteiger partial charge in [0.1, 0.15) is 0 Å².